The Bertz CT molecular complexity index is 1770. The predicted octanol–water partition coefficient (Wildman–Crippen LogP) is 20.2. The van der Waals surface area contributed by atoms with Crippen LogP contribution in [0.25, 0.3) is 0 Å². The SMILES string of the molecule is CCCCCCCCCCCCCC(=O)OC[C@H](COP(=O)(O)OC[C@@H](O)COP(=O)(O)OC[C@@H](COC(=O)CCCCCCCCC(C)C)OC(=O)CCCCCCCCC(C)C)OC(=O)CCCCCCCCCCCCCCCCCCCCC(C)C. The highest BCUT2D eigenvalue weighted by Gasteiger charge is 2.30. The van der Waals surface area contributed by atoms with Crippen LogP contribution in [-0.2, 0) is 65.4 Å². The molecule has 2 unspecified atom stereocenters. The number of phosphoric acid groups is 2. The third-order valence-electron chi connectivity index (χ3n) is 16.4. The topological polar surface area (TPSA) is 237 Å². The van der Waals surface area contributed by atoms with E-state index in [-0.39, 0.29) is 25.7 Å². The normalized spacial score (nSPS) is 14.2. The van der Waals surface area contributed by atoms with E-state index in [0.29, 0.717) is 37.5 Å². The van der Waals surface area contributed by atoms with E-state index in [1.54, 1.807) is 0 Å². The smallest absolute Gasteiger partial charge is 0.462 e. The van der Waals surface area contributed by atoms with E-state index in [0.717, 1.165) is 102 Å². The molecule has 19 heteroatoms. The lowest BCUT2D eigenvalue weighted by molar-refractivity contribution is -0.161. The van der Waals surface area contributed by atoms with Gasteiger partial charge in [0.25, 0.3) is 0 Å². The molecule has 0 aliphatic carbocycles. The van der Waals surface area contributed by atoms with Gasteiger partial charge in [-0.15, -0.1) is 0 Å². The molecule has 0 radical (unpaired) electrons. The maximum Gasteiger partial charge on any atom is 0.472 e. The molecule has 0 aromatic rings. The molecule has 0 aliphatic rings. The van der Waals surface area contributed by atoms with Gasteiger partial charge in [0.05, 0.1) is 26.4 Å². The van der Waals surface area contributed by atoms with Gasteiger partial charge in [0.2, 0.25) is 0 Å². The number of carbonyl (C=O) groups is 4. The Hall–Kier alpha value is -1.94. The van der Waals surface area contributed by atoms with Gasteiger partial charge >= 0.3 is 39.5 Å². The van der Waals surface area contributed by atoms with E-state index in [9.17, 15) is 43.2 Å². The summed E-state index contributed by atoms with van der Waals surface area (Å²) >= 11 is 0. The fraction of sp³-hybridized carbons (Fsp3) is 0.944. The first-order valence-corrected chi connectivity index (χ1v) is 39.8. The van der Waals surface area contributed by atoms with Crippen LogP contribution in [-0.4, -0.2) is 96.7 Å². The highest BCUT2D eigenvalue weighted by atomic mass is 31.2. The molecule has 534 valence electrons. The third kappa shape index (κ3) is 64.8. The van der Waals surface area contributed by atoms with Crippen LogP contribution < -0.4 is 0 Å². The van der Waals surface area contributed by atoms with Gasteiger partial charge in [-0.05, 0) is 43.4 Å². The fourth-order valence-corrected chi connectivity index (χ4v) is 12.3. The van der Waals surface area contributed by atoms with Crippen molar-refractivity contribution in [3.63, 3.8) is 0 Å². The molecule has 0 aromatic carbocycles. The standard InChI is InChI=1S/C71H138O17P2/c1-8-9-10-11-12-13-22-26-29-38-45-52-68(73)81-58-66(87-70(75)54-47-40-30-27-24-21-19-17-15-14-16-18-20-23-25-28-35-42-49-62(2)3)60-85-89(77,78)83-56-65(72)57-84-90(79,80)86-61-67(88-71(76)55-48-41-34-32-37-44-51-64(6)7)59-82-69(74)53-46-39-33-31-36-43-50-63(4)5/h62-67,72H,8-61H2,1-7H3,(H,77,78)(H,79,80)/t65-,66-,67-/m1/s1. The molecule has 3 N–H and O–H groups in total. The van der Waals surface area contributed by atoms with Gasteiger partial charge in [-0.25, -0.2) is 9.13 Å². The van der Waals surface area contributed by atoms with Crippen LogP contribution in [0.5, 0.6) is 0 Å². The molecular weight excluding hydrogens is 1190 g/mol. The first-order chi connectivity index (χ1) is 43.2. The number of aliphatic hydroxyl groups is 1. The van der Waals surface area contributed by atoms with Gasteiger partial charge in [-0.3, -0.25) is 37.3 Å². The summed E-state index contributed by atoms with van der Waals surface area (Å²) in [4.78, 5) is 72.4. The molecule has 90 heavy (non-hydrogen) atoms. The lowest BCUT2D eigenvalue weighted by Gasteiger charge is -2.21. The molecule has 0 bridgehead atoms. The molecule has 0 aromatic heterocycles. The van der Waals surface area contributed by atoms with Crippen molar-refractivity contribution in [1.82, 2.24) is 0 Å². The van der Waals surface area contributed by atoms with E-state index >= 15 is 0 Å². The van der Waals surface area contributed by atoms with Crippen molar-refractivity contribution in [3.05, 3.63) is 0 Å². The second-order valence-electron chi connectivity index (χ2n) is 27.1. The van der Waals surface area contributed by atoms with Crippen molar-refractivity contribution < 1.29 is 80.2 Å². The number of hydrogen-bond acceptors (Lipinski definition) is 15. The maximum absolute atomic E-state index is 13.0. The minimum absolute atomic E-state index is 0.101. The van der Waals surface area contributed by atoms with Crippen LogP contribution in [0.1, 0.15) is 357 Å². The van der Waals surface area contributed by atoms with Gasteiger partial charge in [0.15, 0.2) is 12.2 Å². The molecule has 0 aliphatic heterocycles. The zero-order valence-corrected chi connectivity index (χ0v) is 60.4. The monoisotopic (exact) mass is 1320 g/mol. The summed E-state index contributed by atoms with van der Waals surface area (Å²) in [6.07, 6.45) is 46.3. The third-order valence-corrected chi connectivity index (χ3v) is 18.3. The Kier molecular flexibility index (Phi) is 60.6. The van der Waals surface area contributed by atoms with Gasteiger partial charge < -0.3 is 33.8 Å². The fourth-order valence-electron chi connectivity index (χ4n) is 10.7. The van der Waals surface area contributed by atoms with Crippen LogP contribution in [0.15, 0.2) is 0 Å². The van der Waals surface area contributed by atoms with E-state index in [1.807, 2.05) is 0 Å². The number of aliphatic hydroxyl groups excluding tert-OH is 1. The van der Waals surface area contributed by atoms with E-state index in [2.05, 4.69) is 48.5 Å². The molecular formula is C71H138O17P2. The molecule has 17 nitrogen and oxygen atoms in total. The zero-order valence-electron chi connectivity index (χ0n) is 58.6. The molecule has 0 fully saturated rings. The summed E-state index contributed by atoms with van der Waals surface area (Å²) in [7, 11) is -9.90. The summed E-state index contributed by atoms with van der Waals surface area (Å²) in [5.41, 5.74) is 0. The Morgan fingerprint density at radius 1 is 0.300 bits per heavy atom. The molecule has 0 heterocycles. The number of ether oxygens (including phenoxy) is 4. The summed E-state index contributed by atoms with van der Waals surface area (Å²) in [6, 6.07) is 0. The van der Waals surface area contributed by atoms with Crippen LogP contribution in [0.3, 0.4) is 0 Å². The number of unbranched alkanes of at least 4 members (excludes halogenated alkanes) is 37. The summed E-state index contributed by atoms with van der Waals surface area (Å²) in [5.74, 6) is 0.0372. The average molecular weight is 1330 g/mol. The Morgan fingerprint density at radius 2 is 0.511 bits per heavy atom. The Labute approximate surface area is 549 Å². The Balaban J connectivity index is 5.15. The van der Waals surface area contributed by atoms with Gasteiger partial charge in [-0.2, -0.15) is 0 Å². The van der Waals surface area contributed by atoms with Crippen molar-refractivity contribution in [2.75, 3.05) is 39.6 Å². The highest BCUT2D eigenvalue weighted by molar-refractivity contribution is 7.47. The number of esters is 4. The van der Waals surface area contributed by atoms with Gasteiger partial charge in [0, 0.05) is 25.7 Å². The van der Waals surface area contributed by atoms with Gasteiger partial charge in [-0.1, -0.05) is 305 Å². The van der Waals surface area contributed by atoms with E-state index < -0.39 is 97.5 Å². The molecule has 0 rings (SSSR count). The molecule has 0 amide bonds. The van der Waals surface area contributed by atoms with E-state index in [4.69, 9.17) is 37.0 Å². The quantitative estimate of drug-likeness (QED) is 0.0222. The van der Waals surface area contributed by atoms with Crippen LogP contribution in [0, 0.1) is 17.8 Å². The summed E-state index contributed by atoms with van der Waals surface area (Å²) in [5, 5.41) is 10.6. The van der Waals surface area contributed by atoms with Crippen molar-refractivity contribution in [1.29, 1.82) is 0 Å². The van der Waals surface area contributed by atoms with Crippen LogP contribution in [0.2, 0.25) is 0 Å². The minimum Gasteiger partial charge on any atom is -0.462 e. The lowest BCUT2D eigenvalue weighted by Crippen LogP contribution is -2.30. The van der Waals surface area contributed by atoms with Gasteiger partial charge in [0.1, 0.15) is 19.3 Å². The second kappa shape index (κ2) is 61.9. The highest BCUT2D eigenvalue weighted by Crippen LogP contribution is 2.45. The van der Waals surface area contributed by atoms with Crippen molar-refractivity contribution in [2.24, 2.45) is 17.8 Å². The largest absolute Gasteiger partial charge is 0.472 e. The summed E-state index contributed by atoms with van der Waals surface area (Å²) in [6.45, 7) is 11.7. The molecule has 0 spiro atoms. The molecule has 5 atom stereocenters. The number of hydrogen-bond donors (Lipinski definition) is 3. The van der Waals surface area contributed by atoms with Crippen LogP contribution in [0.4, 0.5) is 0 Å². The van der Waals surface area contributed by atoms with Crippen molar-refractivity contribution in [2.45, 2.75) is 375 Å². The lowest BCUT2D eigenvalue weighted by atomic mass is 10.0. The number of carbonyl (C=O) groups excluding carboxylic acids is 4. The first-order valence-electron chi connectivity index (χ1n) is 36.8. The minimum atomic E-state index is -4.95. The average Bonchev–Trinajstić information content (AvgIpc) is 3.71. The maximum atomic E-state index is 13.0. The van der Waals surface area contributed by atoms with Crippen molar-refractivity contribution in [3.8, 4) is 0 Å². The molecule has 0 saturated carbocycles. The Morgan fingerprint density at radius 3 is 0.756 bits per heavy atom. The zero-order chi connectivity index (χ0) is 66.6. The predicted molar refractivity (Wildman–Crippen MR) is 363 cm³/mol. The number of rotatable bonds is 69. The second-order valence-corrected chi connectivity index (χ2v) is 30.0. The first kappa shape index (κ1) is 88.1. The van der Waals surface area contributed by atoms with Crippen LogP contribution >= 0.6 is 15.6 Å². The molecule has 0 saturated heterocycles. The number of phosphoric ester groups is 2. The summed E-state index contributed by atoms with van der Waals surface area (Å²) < 4.78 is 68.2. The van der Waals surface area contributed by atoms with E-state index in [1.165, 1.54) is 161 Å². The van der Waals surface area contributed by atoms with Crippen molar-refractivity contribution >= 4 is 39.5 Å².